The molecule has 3 rings (SSSR count). The van der Waals surface area contributed by atoms with Gasteiger partial charge in [0.25, 0.3) is 11.8 Å². The van der Waals surface area contributed by atoms with Crippen molar-refractivity contribution in [1.29, 1.82) is 0 Å². The molecule has 0 bridgehead atoms. The Kier molecular flexibility index (Phi) is 6.48. The molecular formula is C17H25BN4O6. The molecule has 3 aliphatic rings. The van der Waals surface area contributed by atoms with Crippen molar-refractivity contribution in [2.75, 3.05) is 19.6 Å². The van der Waals surface area contributed by atoms with E-state index >= 15 is 0 Å². The predicted molar refractivity (Wildman–Crippen MR) is 98.4 cm³/mol. The van der Waals surface area contributed by atoms with Crippen LogP contribution in [-0.4, -0.2) is 88.3 Å². The average molecular weight is 392 g/mol. The molecule has 28 heavy (non-hydrogen) atoms. The Morgan fingerprint density at radius 1 is 1.25 bits per heavy atom. The summed E-state index contributed by atoms with van der Waals surface area (Å²) in [4.78, 5) is 50.2. The molecule has 0 aromatic heterocycles. The number of rotatable bonds is 7. The molecule has 3 aliphatic heterocycles. The monoisotopic (exact) mass is 392 g/mol. The van der Waals surface area contributed by atoms with Crippen LogP contribution >= 0.6 is 0 Å². The zero-order valence-electron chi connectivity index (χ0n) is 15.5. The van der Waals surface area contributed by atoms with Gasteiger partial charge in [0.2, 0.25) is 11.8 Å². The van der Waals surface area contributed by atoms with Crippen molar-refractivity contribution >= 4 is 30.7 Å². The molecule has 0 aromatic carbocycles. The Labute approximate surface area is 163 Å². The molecule has 3 atom stereocenters. The van der Waals surface area contributed by atoms with Gasteiger partial charge in [0.05, 0.1) is 12.0 Å². The van der Waals surface area contributed by atoms with Crippen LogP contribution in [0.4, 0.5) is 0 Å². The highest BCUT2D eigenvalue weighted by Crippen LogP contribution is 2.21. The molecule has 4 amide bonds. The standard InChI is InChI=1S/C17H25BN4O6/c23-14(4-2-8-22-15(24)5-6-16(22)25)20-11-9-12(19-10-11)17(26)21-7-1-3-13(21)18(27)28/h5-6,11-13,19,27-28H,1-4,7-10H2,(H,20,23)/t11?,12-,13-/m0/s1. The molecule has 10 nitrogen and oxygen atoms in total. The van der Waals surface area contributed by atoms with Gasteiger partial charge >= 0.3 is 7.12 Å². The summed E-state index contributed by atoms with van der Waals surface area (Å²) in [5.74, 6) is -1.67. The molecule has 1 unspecified atom stereocenters. The maximum Gasteiger partial charge on any atom is 0.475 e. The van der Waals surface area contributed by atoms with Crippen LogP contribution < -0.4 is 10.6 Å². The molecule has 3 heterocycles. The van der Waals surface area contributed by atoms with Crippen molar-refractivity contribution in [1.82, 2.24) is 20.4 Å². The molecule has 0 aromatic rings. The second-order valence-corrected chi connectivity index (χ2v) is 7.38. The van der Waals surface area contributed by atoms with Crippen LogP contribution in [0.15, 0.2) is 12.2 Å². The van der Waals surface area contributed by atoms with Gasteiger partial charge in [-0.05, 0) is 25.7 Å². The van der Waals surface area contributed by atoms with E-state index < -0.39 is 19.1 Å². The highest BCUT2D eigenvalue weighted by Gasteiger charge is 2.41. The smallest absolute Gasteiger partial charge is 0.426 e. The molecule has 2 fully saturated rings. The molecule has 0 aliphatic carbocycles. The minimum atomic E-state index is -1.55. The van der Waals surface area contributed by atoms with E-state index in [1.165, 1.54) is 17.1 Å². The average Bonchev–Trinajstić information content (AvgIpc) is 3.37. The van der Waals surface area contributed by atoms with E-state index in [9.17, 15) is 29.2 Å². The number of nitrogens with one attached hydrogen (secondary N) is 2. The van der Waals surface area contributed by atoms with E-state index in [2.05, 4.69) is 10.6 Å². The lowest BCUT2D eigenvalue weighted by molar-refractivity contribution is -0.137. The molecule has 152 valence electrons. The summed E-state index contributed by atoms with van der Waals surface area (Å²) < 4.78 is 0. The fourth-order valence-corrected chi connectivity index (χ4v) is 3.96. The number of nitrogens with zero attached hydrogens (tertiary/aromatic N) is 2. The Balaban J connectivity index is 1.39. The minimum absolute atomic E-state index is 0.175. The SMILES string of the molecule is O=C(CCCN1C(=O)C=CC1=O)NC1CN[C@H](C(=O)N2CCC[C@H]2B(O)O)C1. The molecule has 4 N–H and O–H groups in total. The van der Waals surface area contributed by atoms with Gasteiger partial charge in [0.1, 0.15) is 0 Å². The highest BCUT2D eigenvalue weighted by molar-refractivity contribution is 6.43. The largest absolute Gasteiger partial charge is 0.475 e. The molecule has 2 saturated heterocycles. The van der Waals surface area contributed by atoms with Crippen molar-refractivity contribution < 1.29 is 29.2 Å². The van der Waals surface area contributed by atoms with Crippen LogP contribution in [-0.2, 0) is 19.2 Å². The second-order valence-electron chi connectivity index (χ2n) is 7.38. The van der Waals surface area contributed by atoms with E-state index in [4.69, 9.17) is 0 Å². The van der Waals surface area contributed by atoms with Crippen LogP contribution in [0.25, 0.3) is 0 Å². The predicted octanol–water partition coefficient (Wildman–Crippen LogP) is -2.46. The third-order valence-electron chi connectivity index (χ3n) is 5.41. The summed E-state index contributed by atoms with van der Waals surface area (Å²) in [6, 6.07) is -0.658. The van der Waals surface area contributed by atoms with Crippen LogP contribution in [0.1, 0.15) is 32.1 Å². The number of hydrogen-bond donors (Lipinski definition) is 4. The zero-order chi connectivity index (χ0) is 20.3. The van der Waals surface area contributed by atoms with Crippen LogP contribution in [0.2, 0.25) is 0 Å². The first kappa shape index (κ1) is 20.5. The Morgan fingerprint density at radius 2 is 1.96 bits per heavy atom. The highest BCUT2D eigenvalue weighted by atomic mass is 16.4. The minimum Gasteiger partial charge on any atom is -0.426 e. The summed E-state index contributed by atoms with van der Waals surface area (Å²) in [6.07, 6.45) is 4.71. The first-order chi connectivity index (χ1) is 13.4. The quantitative estimate of drug-likeness (QED) is 0.278. The van der Waals surface area contributed by atoms with E-state index in [0.717, 1.165) is 11.3 Å². The Morgan fingerprint density at radius 3 is 2.64 bits per heavy atom. The second kappa shape index (κ2) is 8.85. The van der Waals surface area contributed by atoms with E-state index in [-0.39, 0.29) is 42.6 Å². The van der Waals surface area contributed by atoms with Gasteiger partial charge in [0.15, 0.2) is 0 Å². The van der Waals surface area contributed by atoms with Gasteiger partial charge in [0, 0.05) is 44.2 Å². The van der Waals surface area contributed by atoms with E-state index in [0.29, 0.717) is 32.4 Å². The number of amides is 4. The lowest BCUT2D eigenvalue weighted by Gasteiger charge is -2.26. The molecule has 0 spiro atoms. The summed E-state index contributed by atoms with van der Waals surface area (Å²) in [7, 11) is -1.55. The van der Waals surface area contributed by atoms with Gasteiger partial charge in [-0.25, -0.2) is 0 Å². The van der Waals surface area contributed by atoms with Gasteiger partial charge in [-0.15, -0.1) is 0 Å². The van der Waals surface area contributed by atoms with Crippen LogP contribution in [0, 0.1) is 0 Å². The fourth-order valence-electron chi connectivity index (χ4n) is 3.96. The van der Waals surface area contributed by atoms with Gasteiger partial charge in [-0.1, -0.05) is 0 Å². The maximum atomic E-state index is 12.6. The first-order valence-electron chi connectivity index (χ1n) is 9.59. The first-order valence-corrected chi connectivity index (χ1v) is 9.59. The Bertz CT molecular complexity index is 667. The van der Waals surface area contributed by atoms with Crippen molar-refractivity contribution in [2.24, 2.45) is 0 Å². The van der Waals surface area contributed by atoms with Gasteiger partial charge in [-0.3, -0.25) is 24.1 Å². The summed E-state index contributed by atoms with van der Waals surface area (Å²) >= 11 is 0. The normalized spacial score (nSPS) is 27.0. The van der Waals surface area contributed by atoms with Gasteiger partial charge < -0.3 is 25.6 Å². The molecule has 11 heteroatoms. The fraction of sp³-hybridized carbons (Fsp3) is 0.647. The Hall–Kier alpha value is -2.24. The number of carbonyl (C=O) groups excluding carboxylic acids is 4. The number of likely N-dealkylation sites (tertiary alicyclic amines) is 1. The molecule has 0 saturated carbocycles. The lowest BCUT2D eigenvalue weighted by atomic mass is 9.77. The van der Waals surface area contributed by atoms with E-state index in [1.807, 2.05) is 0 Å². The topological polar surface area (TPSA) is 139 Å². The third kappa shape index (κ3) is 4.60. The zero-order valence-corrected chi connectivity index (χ0v) is 15.5. The van der Waals surface area contributed by atoms with Crippen LogP contribution in [0.3, 0.4) is 0 Å². The number of hydrogen-bond acceptors (Lipinski definition) is 7. The third-order valence-corrected chi connectivity index (χ3v) is 5.41. The van der Waals surface area contributed by atoms with E-state index in [1.54, 1.807) is 0 Å². The van der Waals surface area contributed by atoms with Crippen molar-refractivity contribution in [3.63, 3.8) is 0 Å². The molecule has 0 radical (unpaired) electrons. The van der Waals surface area contributed by atoms with Crippen molar-refractivity contribution in [3.8, 4) is 0 Å². The number of carbonyl (C=O) groups is 4. The number of imide groups is 1. The molecular weight excluding hydrogens is 367 g/mol. The maximum absolute atomic E-state index is 12.6. The van der Waals surface area contributed by atoms with Crippen LogP contribution in [0.5, 0.6) is 0 Å². The summed E-state index contributed by atoms with van der Waals surface area (Å²) in [5, 5.41) is 24.8. The van der Waals surface area contributed by atoms with Crippen molar-refractivity contribution in [2.45, 2.75) is 50.1 Å². The van der Waals surface area contributed by atoms with Gasteiger partial charge in [-0.2, -0.15) is 0 Å². The summed E-state index contributed by atoms with van der Waals surface area (Å²) in [5.41, 5.74) is 0. The summed E-state index contributed by atoms with van der Waals surface area (Å²) in [6.45, 7) is 1.15. The van der Waals surface area contributed by atoms with Crippen molar-refractivity contribution in [3.05, 3.63) is 12.2 Å². The lowest BCUT2D eigenvalue weighted by Crippen LogP contribution is -2.51.